The second kappa shape index (κ2) is 8.89. The number of nitrogens with zero attached hydrogens (tertiary/aromatic N) is 2. The van der Waals surface area contributed by atoms with Crippen LogP contribution >= 0.6 is 23.1 Å². The van der Waals surface area contributed by atoms with E-state index in [-0.39, 0.29) is 30.0 Å². The van der Waals surface area contributed by atoms with E-state index in [1.165, 1.54) is 23.1 Å². The van der Waals surface area contributed by atoms with Gasteiger partial charge in [-0.2, -0.15) is 0 Å². The summed E-state index contributed by atoms with van der Waals surface area (Å²) in [5.74, 6) is 0.538. The van der Waals surface area contributed by atoms with Gasteiger partial charge in [0.1, 0.15) is 12.4 Å². The lowest BCUT2D eigenvalue weighted by atomic mass is 10.0. The molecule has 0 radical (unpaired) electrons. The summed E-state index contributed by atoms with van der Waals surface area (Å²) < 4.78 is 6.69. The molecule has 0 fully saturated rings. The van der Waals surface area contributed by atoms with Crippen LogP contribution in [0.15, 0.2) is 58.9 Å². The number of ether oxygens (including phenoxy) is 1. The van der Waals surface area contributed by atoms with Crippen LogP contribution < -0.4 is 15.4 Å². The number of carbonyl (C=O) groups excluding carboxylic acids is 2. The standard InChI is InChI=1S/C22H21N3O3S2/c1-14-19(11-20(23)26)30-22(24-14)29-13-21(27)25-16-9-5-6-10-18(16)28-12-17(25)15-7-3-2-4-8-15/h2-10,17H,11-13H2,1H3,(H2,23,26)/t17-/m0/s1. The van der Waals surface area contributed by atoms with Gasteiger partial charge in [-0.1, -0.05) is 54.2 Å². The second-order valence-corrected chi connectivity index (χ2v) is 9.20. The minimum atomic E-state index is -0.384. The Morgan fingerprint density at radius 2 is 1.93 bits per heavy atom. The Kier molecular flexibility index (Phi) is 6.06. The van der Waals surface area contributed by atoms with Gasteiger partial charge >= 0.3 is 0 Å². The van der Waals surface area contributed by atoms with Crippen LogP contribution in [0.4, 0.5) is 5.69 Å². The van der Waals surface area contributed by atoms with Crippen molar-refractivity contribution in [3.63, 3.8) is 0 Å². The first-order valence-electron chi connectivity index (χ1n) is 9.49. The van der Waals surface area contributed by atoms with Crippen LogP contribution in [-0.4, -0.2) is 29.2 Å². The fraction of sp³-hybridized carbons (Fsp3) is 0.227. The van der Waals surface area contributed by atoms with E-state index in [0.29, 0.717) is 12.4 Å². The van der Waals surface area contributed by atoms with Gasteiger partial charge in [0, 0.05) is 4.88 Å². The van der Waals surface area contributed by atoms with E-state index in [0.717, 1.165) is 26.2 Å². The van der Waals surface area contributed by atoms with Crippen LogP contribution in [0.1, 0.15) is 22.2 Å². The van der Waals surface area contributed by atoms with Gasteiger partial charge in [0.15, 0.2) is 4.34 Å². The van der Waals surface area contributed by atoms with Crippen molar-refractivity contribution in [2.45, 2.75) is 23.7 Å². The summed E-state index contributed by atoms with van der Waals surface area (Å²) in [5, 5.41) is 0. The zero-order valence-corrected chi connectivity index (χ0v) is 18.0. The molecule has 1 aliphatic rings. The summed E-state index contributed by atoms with van der Waals surface area (Å²) in [4.78, 5) is 31.7. The molecule has 1 atom stereocenters. The van der Waals surface area contributed by atoms with Gasteiger partial charge in [-0.05, 0) is 24.6 Å². The Morgan fingerprint density at radius 3 is 2.70 bits per heavy atom. The maximum absolute atomic E-state index is 13.3. The highest BCUT2D eigenvalue weighted by Gasteiger charge is 2.33. The summed E-state index contributed by atoms with van der Waals surface area (Å²) >= 11 is 2.79. The predicted octanol–water partition coefficient (Wildman–Crippen LogP) is 3.74. The first-order chi connectivity index (χ1) is 14.5. The van der Waals surface area contributed by atoms with Crippen molar-refractivity contribution in [2.75, 3.05) is 17.3 Å². The molecular formula is C22H21N3O3S2. The Morgan fingerprint density at radius 1 is 1.20 bits per heavy atom. The van der Waals surface area contributed by atoms with Crippen LogP contribution in [-0.2, 0) is 16.0 Å². The number of amides is 2. The highest BCUT2D eigenvalue weighted by atomic mass is 32.2. The third-order valence-electron chi connectivity index (χ3n) is 4.81. The molecule has 0 aliphatic carbocycles. The lowest BCUT2D eigenvalue weighted by molar-refractivity contribution is -0.118. The monoisotopic (exact) mass is 439 g/mol. The molecule has 0 spiro atoms. The van der Waals surface area contributed by atoms with Crippen LogP contribution in [0.5, 0.6) is 5.75 Å². The molecule has 0 saturated heterocycles. The molecule has 0 saturated carbocycles. The number of fused-ring (bicyclic) bond motifs is 1. The average molecular weight is 440 g/mol. The number of benzene rings is 2. The number of carbonyl (C=O) groups is 2. The SMILES string of the molecule is Cc1nc(SCC(=O)N2c3ccccc3OC[C@H]2c2ccccc2)sc1CC(N)=O. The van der Waals surface area contributed by atoms with Gasteiger partial charge in [0.2, 0.25) is 11.8 Å². The van der Waals surface area contributed by atoms with Gasteiger partial charge < -0.3 is 10.5 Å². The smallest absolute Gasteiger partial charge is 0.238 e. The zero-order chi connectivity index (χ0) is 21.1. The zero-order valence-electron chi connectivity index (χ0n) is 16.4. The van der Waals surface area contributed by atoms with Crippen molar-refractivity contribution >= 4 is 40.6 Å². The Labute approximate surface area is 183 Å². The molecule has 154 valence electrons. The molecule has 0 unspecified atom stereocenters. The third-order valence-corrected chi connectivity index (χ3v) is 7.10. The number of primary amides is 1. The largest absolute Gasteiger partial charge is 0.489 e. The summed E-state index contributed by atoms with van der Waals surface area (Å²) in [6.45, 7) is 2.25. The van der Waals surface area contributed by atoms with E-state index >= 15 is 0 Å². The molecule has 8 heteroatoms. The molecule has 2 amide bonds. The van der Waals surface area contributed by atoms with E-state index in [1.807, 2.05) is 66.4 Å². The van der Waals surface area contributed by atoms with E-state index in [9.17, 15) is 9.59 Å². The molecule has 2 heterocycles. The van der Waals surface area contributed by atoms with E-state index < -0.39 is 0 Å². The lowest BCUT2D eigenvalue weighted by Gasteiger charge is -2.37. The normalized spacial score (nSPS) is 15.4. The van der Waals surface area contributed by atoms with Gasteiger partial charge in [-0.25, -0.2) is 4.98 Å². The predicted molar refractivity (Wildman–Crippen MR) is 119 cm³/mol. The van der Waals surface area contributed by atoms with Crippen LogP contribution in [0.25, 0.3) is 0 Å². The van der Waals surface area contributed by atoms with Crippen molar-refractivity contribution in [1.29, 1.82) is 0 Å². The van der Waals surface area contributed by atoms with Gasteiger partial charge in [-0.3, -0.25) is 14.5 Å². The van der Waals surface area contributed by atoms with Gasteiger partial charge in [-0.15, -0.1) is 11.3 Å². The van der Waals surface area contributed by atoms with E-state index in [4.69, 9.17) is 10.5 Å². The van der Waals surface area contributed by atoms with Crippen molar-refractivity contribution in [1.82, 2.24) is 4.98 Å². The topological polar surface area (TPSA) is 85.5 Å². The number of hydrogen-bond acceptors (Lipinski definition) is 6. The highest BCUT2D eigenvalue weighted by molar-refractivity contribution is 8.01. The molecule has 2 aromatic carbocycles. The van der Waals surface area contributed by atoms with E-state index in [1.54, 1.807) is 0 Å². The van der Waals surface area contributed by atoms with Gasteiger partial charge in [0.05, 0.1) is 29.6 Å². The van der Waals surface area contributed by atoms with Crippen molar-refractivity contribution in [3.8, 4) is 5.75 Å². The Bertz CT molecular complexity index is 1070. The number of para-hydroxylation sites is 2. The molecular weight excluding hydrogens is 418 g/mol. The van der Waals surface area contributed by atoms with Crippen molar-refractivity contribution in [2.24, 2.45) is 5.73 Å². The van der Waals surface area contributed by atoms with Crippen LogP contribution in [0, 0.1) is 6.92 Å². The first kappa shape index (κ1) is 20.4. The number of rotatable bonds is 6. The quantitative estimate of drug-likeness (QED) is 0.592. The number of thioether (sulfide) groups is 1. The molecule has 2 N–H and O–H groups in total. The fourth-order valence-electron chi connectivity index (χ4n) is 3.40. The third kappa shape index (κ3) is 4.34. The average Bonchev–Trinajstić information content (AvgIpc) is 3.10. The first-order valence-corrected chi connectivity index (χ1v) is 11.3. The second-order valence-electron chi connectivity index (χ2n) is 6.89. The summed E-state index contributed by atoms with van der Waals surface area (Å²) in [6.07, 6.45) is 0.172. The highest BCUT2D eigenvalue weighted by Crippen LogP contribution is 2.40. The molecule has 1 aliphatic heterocycles. The van der Waals surface area contributed by atoms with Gasteiger partial charge in [0.25, 0.3) is 0 Å². The molecule has 0 bridgehead atoms. The molecule has 30 heavy (non-hydrogen) atoms. The summed E-state index contributed by atoms with van der Waals surface area (Å²) in [6, 6.07) is 17.3. The summed E-state index contributed by atoms with van der Waals surface area (Å²) in [5.41, 5.74) is 7.88. The number of nitrogens with two attached hydrogens (primary N) is 1. The number of anilines is 1. The maximum Gasteiger partial charge on any atom is 0.238 e. The molecule has 4 rings (SSSR count). The Balaban J connectivity index is 1.56. The molecule has 1 aromatic heterocycles. The number of aryl methyl sites for hydroxylation is 1. The van der Waals surface area contributed by atoms with Crippen LogP contribution in [0.2, 0.25) is 0 Å². The minimum absolute atomic E-state index is 0.0195. The number of hydrogen-bond donors (Lipinski definition) is 1. The van der Waals surface area contributed by atoms with Crippen molar-refractivity contribution in [3.05, 3.63) is 70.7 Å². The number of aromatic nitrogens is 1. The fourth-order valence-corrected chi connectivity index (χ4v) is 5.50. The maximum atomic E-state index is 13.3. The number of thiazole rings is 1. The molecule has 6 nitrogen and oxygen atoms in total. The van der Waals surface area contributed by atoms with E-state index in [2.05, 4.69) is 4.98 Å². The lowest BCUT2D eigenvalue weighted by Crippen LogP contribution is -2.42. The Hall–Kier alpha value is -2.84. The summed E-state index contributed by atoms with van der Waals surface area (Å²) in [7, 11) is 0. The van der Waals surface area contributed by atoms with Crippen molar-refractivity contribution < 1.29 is 14.3 Å². The van der Waals surface area contributed by atoms with Crippen LogP contribution in [0.3, 0.4) is 0 Å². The minimum Gasteiger partial charge on any atom is -0.489 e. The molecule has 3 aromatic rings.